The van der Waals surface area contributed by atoms with E-state index in [9.17, 15) is 13.2 Å². The Balaban J connectivity index is 1.49. The smallest absolute Gasteiger partial charge is 0.231 e. The maximum Gasteiger partial charge on any atom is 0.231 e. The van der Waals surface area contributed by atoms with Gasteiger partial charge in [-0.15, -0.1) is 11.3 Å². The molecule has 1 atom stereocenters. The van der Waals surface area contributed by atoms with E-state index in [4.69, 9.17) is 5.73 Å². The summed E-state index contributed by atoms with van der Waals surface area (Å²) in [6, 6.07) is 8.63. The van der Waals surface area contributed by atoms with Crippen molar-refractivity contribution in [2.45, 2.75) is 17.7 Å². The SMILES string of the molecule is CS(=O)(=O)c1ccc(-c2cc(N3CCC[C@@H](C(=O)Nc4nccs4)C3)c3c(N)ncnn23)cc1. The number of hydrogen-bond donors (Lipinski definition) is 2. The van der Waals surface area contributed by atoms with E-state index in [1.165, 1.54) is 23.9 Å². The molecule has 1 aliphatic heterocycles. The van der Waals surface area contributed by atoms with Crippen LogP contribution in [-0.4, -0.2) is 53.3 Å². The zero-order valence-electron chi connectivity index (χ0n) is 18.4. The molecule has 12 heteroatoms. The molecule has 34 heavy (non-hydrogen) atoms. The van der Waals surface area contributed by atoms with E-state index in [0.717, 1.165) is 36.3 Å². The summed E-state index contributed by atoms with van der Waals surface area (Å²) in [4.78, 5) is 23.5. The topological polar surface area (TPSA) is 136 Å². The third-order valence-electron chi connectivity index (χ3n) is 5.94. The molecular weight excluding hydrogens is 474 g/mol. The van der Waals surface area contributed by atoms with Crippen LogP contribution in [0.25, 0.3) is 16.8 Å². The number of benzene rings is 1. The molecule has 4 aromatic rings. The number of nitrogens with zero attached hydrogens (tertiary/aromatic N) is 5. The lowest BCUT2D eigenvalue weighted by Crippen LogP contribution is -2.40. The molecule has 1 fully saturated rings. The van der Waals surface area contributed by atoms with Crippen molar-refractivity contribution in [3.8, 4) is 11.3 Å². The van der Waals surface area contributed by atoms with Gasteiger partial charge in [0.25, 0.3) is 0 Å². The number of nitrogens with one attached hydrogen (secondary N) is 1. The number of thiazole rings is 1. The molecule has 0 bridgehead atoms. The average Bonchev–Trinajstić information content (AvgIpc) is 3.47. The number of sulfone groups is 1. The van der Waals surface area contributed by atoms with Gasteiger partial charge in [0.2, 0.25) is 5.91 Å². The minimum absolute atomic E-state index is 0.0519. The van der Waals surface area contributed by atoms with Gasteiger partial charge in [-0.05, 0) is 31.0 Å². The first-order chi connectivity index (χ1) is 16.3. The highest BCUT2D eigenvalue weighted by Gasteiger charge is 2.29. The summed E-state index contributed by atoms with van der Waals surface area (Å²) in [5.41, 5.74) is 9.31. The van der Waals surface area contributed by atoms with Crippen molar-refractivity contribution >= 4 is 49.2 Å². The van der Waals surface area contributed by atoms with E-state index in [1.807, 2.05) is 11.4 Å². The molecule has 0 saturated carbocycles. The highest BCUT2D eigenvalue weighted by atomic mass is 32.2. The number of carbonyl (C=O) groups excluding carboxylic acids is 1. The first-order valence-electron chi connectivity index (χ1n) is 10.7. The van der Waals surface area contributed by atoms with Gasteiger partial charge in [-0.2, -0.15) is 5.10 Å². The molecule has 0 aliphatic carbocycles. The van der Waals surface area contributed by atoms with Crippen LogP contribution >= 0.6 is 11.3 Å². The molecule has 1 aliphatic rings. The van der Waals surface area contributed by atoms with Gasteiger partial charge >= 0.3 is 0 Å². The van der Waals surface area contributed by atoms with Gasteiger partial charge in [0.1, 0.15) is 11.8 Å². The van der Waals surface area contributed by atoms with E-state index in [-0.39, 0.29) is 16.7 Å². The van der Waals surface area contributed by atoms with Gasteiger partial charge in [-0.1, -0.05) is 12.1 Å². The second kappa shape index (κ2) is 8.69. The number of fused-ring (bicyclic) bond motifs is 1. The molecule has 10 nitrogen and oxygen atoms in total. The summed E-state index contributed by atoms with van der Waals surface area (Å²) in [7, 11) is -3.30. The fraction of sp³-hybridized carbons (Fsp3) is 0.273. The Morgan fingerprint density at radius 1 is 1.24 bits per heavy atom. The van der Waals surface area contributed by atoms with Crippen LogP contribution in [0, 0.1) is 5.92 Å². The van der Waals surface area contributed by atoms with Crippen molar-refractivity contribution < 1.29 is 13.2 Å². The highest BCUT2D eigenvalue weighted by Crippen LogP contribution is 2.36. The minimum atomic E-state index is -3.30. The van der Waals surface area contributed by atoms with E-state index < -0.39 is 9.84 Å². The maximum atomic E-state index is 12.8. The summed E-state index contributed by atoms with van der Waals surface area (Å²) < 4.78 is 25.4. The Hall–Kier alpha value is -3.51. The lowest BCUT2D eigenvalue weighted by molar-refractivity contribution is -0.120. The number of hydrogen-bond acceptors (Lipinski definition) is 9. The van der Waals surface area contributed by atoms with Crippen molar-refractivity contribution in [2.24, 2.45) is 5.92 Å². The molecule has 0 spiro atoms. The standard InChI is InChI=1S/C22H23N7O3S2/c1-34(31,32)16-6-4-14(5-7-16)17-11-18(19-20(23)25-13-26-29(17)19)28-9-2-3-15(12-28)21(30)27-22-24-8-10-33-22/h4-8,10-11,13,15H,2-3,9,12H2,1H3,(H2,23,25,26)(H,24,27,30)/t15-/m1/s1. The van der Waals surface area contributed by atoms with Gasteiger partial charge in [0, 0.05) is 36.5 Å². The molecule has 176 valence electrons. The quantitative estimate of drug-likeness (QED) is 0.430. The van der Waals surface area contributed by atoms with Crippen LogP contribution in [0.5, 0.6) is 0 Å². The summed E-state index contributed by atoms with van der Waals surface area (Å²) >= 11 is 1.39. The van der Waals surface area contributed by atoms with E-state index in [0.29, 0.717) is 23.0 Å². The van der Waals surface area contributed by atoms with Crippen molar-refractivity contribution in [3.63, 3.8) is 0 Å². The Morgan fingerprint density at radius 2 is 2.03 bits per heavy atom. The summed E-state index contributed by atoms with van der Waals surface area (Å²) in [5.74, 6) is 0.0817. The van der Waals surface area contributed by atoms with Gasteiger partial charge in [-0.3, -0.25) is 4.79 Å². The molecule has 5 rings (SSSR count). The Bertz CT molecular complexity index is 1450. The van der Waals surface area contributed by atoms with Crippen LogP contribution in [0.1, 0.15) is 12.8 Å². The summed E-state index contributed by atoms with van der Waals surface area (Å²) in [6.07, 6.45) is 5.86. The Labute approximate surface area is 200 Å². The molecule has 4 heterocycles. The van der Waals surface area contributed by atoms with Crippen molar-refractivity contribution in [3.05, 3.63) is 48.2 Å². The lowest BCUT2D eigenvalue weighted by Gasteiger charge is -2.33. The fourth-order valence-electron chi connectivity index (χ4n) is 4.27. The van der Waals surface area contributed by atoms with Crippen LogP contribution in [0.15, 0.2) is 53.1 Å². The Morgan fingerprint density at radius 3 is 2.74 bits per heavy atom. The van der Waals surface area contributed by atoms with Crippen molar-refractivity contribution in [1.29, 1.82) is 0 Å². The Kier molecular flexibility index (Phi) is 5.70. The van der Waals surface area contributed by atoms with Crippen LogP contribution in [0.4, 0.5) is 16.6 Å². The zero-order chi connectivity index (χ0) is 23.9. The third-order valence-corrected chi connectivity index (χ3v) is 7.75. The fourth-order valence-corrected chi connectivity index (χ4v) is 5.43. The van der Waals surface area contributed by atoms with Crippen molar-refractivity contribution in [2.75, 3.05) is 35.3 Å². The number of aromatic nitrogens is 4. The first kappa shape index (κ1) is 22.3. The normalized spacial score (nSPS) is 16.6. The van der Waals surface area contributed by atoms with Crippen LogP contribution in [-0.2, 0) is 14.6 Å². The van der Waals surface area contributed by atoms with Gasteiger partial charge in [0.05, 0.1) is 22.2 Å². The molecule has 1 amide bonds. The van der Waals surface area contributed by atoms with Crippen LogP contribution < -0.4 is 16.0 Å². The number of amides is 1. The van der Waals surface area contributed by atoms with Gasteiger partial charge in [-0.25, -0.2) is 22.9 Å². The second-order valence-corrected chi connectivity index (χ2v) is 11.1. The number of piperidine rings is 1. The van der Waals surface area contributed by atoms with Gasteiger partial charge < -0.3 is 16.0 Å². The van der Waals surface area contributed by atoms with Gasteiger partial charge in [0.15, 0.2) is 20.8 Å². The molecule has 1 saturated heterocycles. The monoisotopic (exact) mass is 497 g/mol. The van der Waals surface area contributed by atoms with E-state index in [2.05, 4.69) is 25.3 Å². The van der Waals surface area contributed by atoms with Crippen molar-refractivity contribution in [1.82, 2.24) is 19.6 Å². The maximum absolute atomic E-state index is 12.8. The van der Waals surface area contributed by atoms with Crippen LogP contribution in [0.2, 0.25) is 0 Å². The predicted molar refractivity (Wildman–Crippen MR) is 132 cm³/mol. The zero-order valence-corrected chi connectivity index (χ0v) is 20.0. The average molecular weight is 498 g/mol. The highest BCUT2D eigenvalue weighted by molar-refractivity contribution is 7.90. The summed E-state index contributed by atoms with van der Waals surface area (Å²) in [5, 5.41) is 9.72. The predicted octanol–water partition coefficient (Wildman–Crippen LogP) is 2.69. The summed E-state index contributed by atoms with van der Waals surface area (Å²) in [6.45, 7) is 1.29. The molecule has 0 radical (unpaired) electrons. The van der Waals surface area contributed by atoms with E-state index >= 15 is 0 Å². The first-order valence-corrected chi connectivity index (χ1v) is 13.5. The number of rotatable bonds is 5. The molecule has 3 N–H and O–H groups in total. The second-order valence-electron chi connectivity index (χ2n) is 8.23. The van der Waals surface area contributed by atoms with E-state index in [1.54, 1.807) is 35.0 Å². The number of carbonyl (C=O) groups is 1. The molecule has 1 aromatic carbocycles. The largest absolute Gasteiger partial charge is 0.382 e. The molecule has 3 aromatic heterocycles. The lowest BCUT2D eigenvalue weighted by atomic mass is 9.96. The number of anilines is 3. The molecule has 0 unspecified atom stereocenters. The number of nitrogen functional groups attached to an aromatic ring is 1. The number of nitrogens with two attached hydrogens (primary N) is 1. The molecular formula is C22H23N7O3S2. The third kappa shape index (κ3) is 4.21. The minimum Gasteiger partial charge on any atom is -0.382 e. The van der Waals surface area contributed by atoms with Crippen LogP contribution in [0.3, 0.4) is 0 Å².